The van der Waals surface area contributed by atoms with Crippen LogP contribution in [0.15, 0.2) is 72.8 Å². The molecule has 0 saturated carbocycles. The lowest BCUT2D eigenvalue weighted by Crippen LogP contribution is -2.12. The van der Waals surface area contributed by atoms with E-state index in [4.69, 9.17) is 0 Å². The number of aryl methyl sites for hydroxylation is 2. The van der Waals surface area contributed by atoms with Crippen LogP contribution in [0.1, 0.15) is 34.0 Å². The Balaban J connectivity index is 1.67. The molecule has 0 saturated heterocycles. The summed E-state index contributed by atoms with van der Waals surface area (Å²) in [5.41, 5.74) is 6.15. The van der Waals surface area contributed by atoms with E-state index in [2.05, 4.69) is 35.8 Å². The summed E-state index contributed by atoms with van der Waals surface area (Å²) in [6.45, 7) is 4.86. The van der Waals surface area contributed by atoms with E-state index in [0.29, 0.717) is 12.1 Å². The Morgan fingerprint density at radius 3 is 2.46 bits per heavy atom. The second-order valence-electron chi connectivity index (χ2n) is 6.38. The third-order valence-electron chi connectivity index (χ3n) is 4.38. The van der Waals surface area contributed by atoms with Gasteiger partial charge < -0.3 is 10.6 Å². The topological polar surface area (TPSA) is 41.1 Å². The molecule has 3 heteroatoms. The zero-order chi connectivity index (χ0) is 18.4. The van der Waals surface area contributed by atoms with E-state index in [1.807, 2.05) is 61.5 Å². The van der Waals surface area contributed by atoms with Crippen molar-refractivity contribution in [2.24, 2.45) is 0 Å². The molecule has 1 amide bonds. The molecule has 2 N–H and O–H groups in total. The third-order valence-corrected chi connectivity index (χ3v) is 4.38. The van der Waals surface area contributed by atoms with Gasteiger partial charge in [0.1, 0.15) is 0 Å². The second kappa shape index (κ2) is 8.34. The van der Waals surface area contributed by atoms with Crippen molar-refractivity contribution in [2.75, 3.05) is 10.6 Å². The number of carbonyl (C=O) groups excluding carboxylic acids is 1. The first kappa shape index (κ1) is 17.7. The smallest absolute Gasteiger partial charge is 0.255 e. The number of hydrogen-bond donors (Lipinski definition) is 2. The van der Waals surface area contributed by atoms with Crippen LogP contribution in [-0.4, -0.2) is 5.91 Å². The quantitative estimate of drug-likeness (QED) is 0.627. The van der Waals surface area contributed by atoms with Crippen LogP contribution >= 0.6 is 0 Å². The Bertz CT molecular complexity index is 885. The number of benzene rings is 3. The van der Waals surface area contributed by atoms with Gasteiger partial charge in [-0.25, -0.2) is 0 Å². The minimum atomic E-state index is -0.0929. The highest BCUT2D eigenvalue weighted by atomic mass is 16.1. The Hall–Kier alpha value is -3.07. The van der Waals surface area contributed by atoms with E-state index in [1.54, 1.807) is 0 Å². The second-order valence-corrected chi connectivity index (χ2v) is 6.38. The van der Waals surface area contributed by atoms with Gasteiger partial charge in [-0.2, -0.15) is 0 Å². The molecule has 0 heterocycles. The predicted molar refractivity (Wildman–Crippen MR) is 109 cm³/mol. The molecule has 0 aliphatic rings. The van der Waals surface area contributed by atoms with Crippen LogP contribution in [0.2, 0.25) is 0 Å². The molecule has 0 radical (unpaired) electrons. The highest BCUT2D eigenvalue weighted by Gasteiger charge is 2.07. The van der Waals surface area contributed by atoms with Crippen LogP contribution in [-0.2, 0) is 13.0 Å². The molecule has 0 aliphatic heterocycles. The van der Waals surface area contributed by atoms with Crippen molar-refractivity contribution in [3.63, 3.8) is 0 Å². The lowest BCUT2D eigenvalue weighted by molar-refractivity contribution is 0.102. The fourth-order valence-electron chi connectivity index (χ4n) is 2.86. The van der Waals surface area contributed by atoms with E-state index in [9.17, 15) is 4.79 Å². The van der Waals surface area contributed by atoms with Crippen LogP contribution in [0.25, 0.3) is 0 Å². The van der Waals surface area contributed by atoms with Gasteiger partial charge in [0.2, 0.25) is 0 Å². The van der Waals surface area contributed by atoms with E-state index in [-0.39, 0.29) is 5.91 Å². The molecule has 0 aliphatic carbocycles. The summed E-state index contributed by atoms with van der Waals surface area (Å²) < 4.78 is 0. The first-order chi connectivity index (χ1) is 12.7. The fraction of sp³-hybridized carbons (Fsp3) is 0.174. The Labute approximate surface area is 155 Å². The number of carbonyl (C=O) groups is 1. The molecule has 0 aromatic heterocycles. The van der Waals surface area contributed by atoms with E-state index in [0.717, 1.165) is 23.4 Å². The molecule has 0 spiro atoms. The first-order valence-corrected chi connectivity index (χ1v) is 8.94. The minimum absolute atomic E-state index is 0.0929. The number of rotatable bonds is 6. The van der Waals surface area contributed by atoms with Crippen molar-refractivity contribution in [1.29, 1.82) is 0 Å². The molecule has 0 bridgehead atoms. The van der Waals surface area contributed by atoms with E-state index in [1.165, 1.54) is 11.1 Å². The van der Waals surface area contributed by atoms with Gasteiger partial charge in [-0.15, -0.1) is 0 Å². The average Bonchev–Trinajstić information content (AvgIpc) is 2.68. The van der Waals surface area contributed by atoms with Gasteiger partial charge >= 0.3 is 0 Å². The summed E-state index contributed by atoms with van der Waals surface area (Å²) in [4.78, 5) is 12.5. The van der Waals surface area contributed by atoms with Gasteiger partial charge in [0.25, 0.3) is 5.91 Å². The number of hydrogen-bond acceptors (Lipinski definition) is 2. The Morgan fingerprint density at radius 1 is 0.923 bits per heavy atom. The van der Waals surface area contributed by atoms with Crippen molar-refractivity contribution in [1.82, 2.24) is 0 Å². The predicted octanol–water partition coefficient (Wildman–Crippen LogP) is 5.42. The number of anilines is 2. The summed E-state index contributed by atoms with van der Waals surface area (Å²) in [5.74, 6) is -0.0929. The lowest BCUT2D eigenvalue weighted by atomic mass is 10.1. The van der Waals surface area contributed by atoms with Gasteiger partial charge in [0.05, 0.1) is 0 Å². The molecule has 0 unspecified atom stereocenters. The Kier molecular flexibility index (Phi) is 5.69. The van der Waals surface area contributed by atoms with E-state index < -0.39 is 0 Å². The molecule has 0 atom stereocenters. The highest BCUT2D eigenvalue weighted by Crippen LogP contribution is 2.17. The first-order valence-electron chi connectivity index (χ1n) is 8.94. The van der Waals surface area contributed by atoms with Crippen molar-refractivity contribution >= 4 is 17.3 Å². The van der Waals surface area contributed by atoms with Crippen LogP contribution in [0.5, 0.6) is 0 Å². The normalized spacial score (nSPS) is 10.4. The van der Waals surface area contributed by atoms with Gasteiger partial charge in [0, 0.05) is 23.5 Å². The van der Waals surface area contributed by atoms with Crippen molar-refractivity contribution in [3.05, 3.63) is 95.1 Å². The summed E-state index contributed by atoms with van der Waals surface area (Å²) in [7, 11) is 0. The van der Waals surface area contributed by atoms with Gasteiger partial charge in [0.15, 0.2) is 0 Å². The van der Waals surface area contributed by atoms with Gasteiger partial charge in [-0.1, -0.05) is 55.0 Å². The van der Waals surface area contributed by atoms with Crippen LogP contribution in [0.4, 0.5) is 11.4 Å². The summed E-state index contributed by atoms with van der Waals surface area (Å²) in [6.07, 6.45) is 0.988. The SMILES string of the molecule is CCc1ccccc1NCc1cccc(C(=O)Nc2ccc(C)cc2)c1. The Morgan fingerprint density at radius 2 is 1.69 bits per heavy atom. The highest BCUT2D eigenvalue weighted by molar-refractivity contribution is 6.04. The van der Waals surface area contributed by atoms with Crippen molar-refractivity contribution in [2.45, 2.75) is 26.8 Å². The van der Waals surface area contributed by atoms with Crippen LogP contribution in [0.3, 0.4) is 0 Å². The minimum Gasteiger partial charge on any atom is -0.381 e. The molecule has 3 aromatic carbocycles. The standard InChI is InChI=1S/C23H24N2O/c1-3-19-8-4-5-10-22(19)24-16-18-7-6-9-20(15-18)23(26)25-21-13-11-17(2)12-14-21/h4-15,24H,3,16H2,1-2H3,(H,25,26). The molecule has 3 aromatic rings. The van der Waals surface area contributed by atoms with Crippen molar-refractivity contribution in [3.8, 4) is 0 Å². The molecular weight excluding hydrogens is 320 g/mol. The summed E-state index contributed by atoms with van der Waals surface area (Å²) >= 11 is 0. The summed E-state index contributed by atoms with van der Waals surface area (Å²) in [5, 5.41) is 6.42. The lowest BCUT2D eigenvalue weighted by Gasteiger charge is -2.12. The molecule has 0 fully saturated rings. The maximum absolute atomic E-state index is 12.5. The van der Waals surface area contributed by atoms with Crippen molar-refractivity contribution < 1.29 is 4.79 Å². The van der Waals surface area contributed by atoms with Gasteiger partial charge in [-0.05, 0) is 54.8 Å². The number of amides is 1. The third kappa shape index (κ3) is 4.51. The summed E-state index contributed by atoms with van der Waals surface area (Å²) in [6, 6.07) is 23.9. The molecule has 3 nitrogen and oxygen atoms in total. The van der Waals surface area contributed by atoms with Gasteiger partial charge in [-0.3, -0.25) is 4.79 Å². The monoisotopic (exact) mass is 344 g/mol. The maximum Gasteiger partial charge on any atom is 0.255 e. The number of nitrogens with one attached hydrogen (secondary N) is 2. The van der Waals surface area contributed by atoms with Crippen LogP contribution in [0, 0.1) is 6.92 Å². The largest absolute Gasteiger partial charge is 0.381 e. The maximum atomic E-state index is 12.5. The molecule has 3 rings (SSSR count). The fourth-order valence-corrected chi connectivity index (χ4v) is 2.86. The number of para-hydroxylation sites is 1. The average molecular weight is 344 g/mol. The molecule has 132 valence electrons. The zero-order valence-electron chi connectivity index (χ0n) is 15.3. The van der Waals surface area contributed by atoms with E-state index >= 15 is 0 Å². The zero-order valence-corrected chi connectivity index (χ0v) is 15.3. The molecule has 26 heavy (non-hydrogen) atoms. The van der Waals surface area contributed by atoms with Crippen LogP contribution < -0.4 is 10.6 Å². The molecular formula is C23H24N2O.